The van der Waals surface area contributed by atoms with E-state index < -0.39 is 0 Å². The van der Waals surface area contributed by atoms with Crippen LogP contribution in [0.25, 0.3) is 10.9 Å². The van der Waals surface area contributed by atoms with E-state index in [1.807, 2.05) is 46.7 Å². The Kier molecular flexibility index (Phi) is 5.78. The van der Waals surface area contributed by atoms with Crippen molar-refractivity contribution in [3.63, 3.8) is 0 Å². The maximum absolute atomic E-state index is 12.7. The minimum absolute atomic E-state index is 0. The standard InChI is InChI=1S/C19H21N3OS.ClH/c23-19(16-4-3-15-5-7-20-18(15)14-16)22-11-9-21(10-12-22)8-6-17-2-1-13-24-17;/h1-5,7,13-14,20H,6,8-12H2;1H. The molecule has 3 aromatic rings. The third kappa shape index (κ3) is 4.06. The number of hydrogen-bond acceptors (Lipinski definition) is 3. The van der Waals surface area contributed by atoms with E-state index in [0.29, 0.717) is 0 Å². The molecule has 25 heavy (non-hydrogen) atoms. The van der Waals surface area contributed by atoms with E-state index in [9.17, 15) is 4.79 Å². The molecule has 0 spiro atoms. The Morgan fingerprint density at radius 2 is 1.96 bits per heavy atom. The molecule has 1 N–H and O–H groups in total. The predicted molar refractivity (Wildman–Crippen MR) is 106 cm³/mol. The number of fused-ring (bicyclic) bond motifs is 1. The van der Waals surface area contributed by atoms with Crippen LogP contribution in [0.2, 0.25) is 0 Å². The van der Waals surface area contributed by atoms with Gasteiger partial charge in [0.25, 0.3) is 5.91 Å². The number of rotatable bonds is 4. The molecule has 4 nitrogen and oxygen atoms in total. The number of carbonyl (C=O) groups excluding carboxylic acids is 1. The Labute approximate surface area is 157 Å². The molecule has 132 valence electrons. The molecular weight excluding hydrogens is 354 g/mol. The molecule has 0 radical (unpaired) electrons. The van der Waals surface area contributed by atoms with E-state index in [1.54, 1.807) is 0 Å². The lowest BCUT2D eigenvalue weighted by Crippen LogP contribution is -2.49. The molecule has 1 aliphatic rings. The van der Waals surface area contributed by atoms with Gasteiger partial charge in [-0.25, -0.2) is 0 Å². The summed E-state index contributed by atoms with van der Waals surface area (Å²) in [7, 11) is 0. The summed E-state index contributed by atoms with van der Waals surface area (Å²) in [4.78, 5) is 21.8. The third-order valence-corrected chi connectivity index (χ3v) is 5.65. The van der Waals surface area contributed by atoms with Crippen LogP contribution in [0.5, 0.6) is 0 Å². The molecule has 1 aromatic carbocycles. The van der Waals surface area contributed by atoms with Crippen molar-refractivity contribution < 1.29 is 4.79 Å². The number of halogens is 1. The third-order valence-electron chi connectivity index (χ3n) is 4.72. The van der Waals surface area contributed by atoms with Crippen LogP contribution in [0, 0.1) is 0 Å². The van der Waals surface area contributed by atoms with Gasteiger partial charge in [-0.1, -0.05) is 12.1 Å². The van der Waals surface area contributed by atoms with Crippen LogP contribution in [-0.2, 0) is 6.42 Å². The lowest BCUT2D eigenvalue weighted by molar-refractivity contribution is 0.0639. The van der Waals surface area contributed by atoms with Crippen molar-refractivity contribution in [2.45, 2.75) is 6.42 Å². The largest absolute Gasteiger partial charge is 0.361 e. The van der Waals surface area contributed by atoms with Crippen LogP contribution in [-0.4, -0.2) is 53.4 Å². The number of hydrogen-bond donors (Lipinski definition) is 1. The molecule has 3 heterocycles. The minimum atomic E-state index is 0. The minimum Gasteiger partial charge on any atom is -0.361 e. The molecule has 6 heteroatoms. The molecule has 0 atom stereocenters. The molecule has 0 aliphatic carbocycles. The van der Waals surface area contributed by atoms with Gasteiger partial charge in [0.2, 0.25) is 0 Å². The molecule has 2 aromatic heterocycles. The summed E-state index contributed by atoms with van der Waals surface area (Å²) in [5.74, 6) is 0.143. The molecule has 0 unspecified atom stereocenters. The van der Waals surface area contributed by atoms with Crippen LogP contribution < -0.4 is 0 Å². The Morgan fingerprint density at radius 1 is 1.12 bits per heavy atom. The van der Waals surface area contributed by atoms with Crippen LogP contribution in [0.15, 0.2) is 48.0 Å². The van der Waals surface area contributed by atoms with E-state index in [4.69, 9.17) is 0 Å². The maximum Gasteiger partial charge on any atom is 0.254 e. The number of H-pyrrole nitrogens is 1. The summed E-state index contributed by atoms with van der Waals surface area (Å²) in [6, 6.07) is 12.2. The Balaban J connectivity index is 0.00000182. The summed E-state index contributed by atoms with van der Waals surface area (Å²) >= 11 is 1.82. The Morgan fingerprint density at radius 3 is 2.72 bits per heavy atom. The first-order chi connectivity index (χ1) is 11.8. The number of nitrogens with one attached hydrogen (secondary N) is 1. The number of aromatic nitrogens is 1. The van der Waals surface area contributed by atoms with Gasteiger partial charge < -0.3 is 9.88 Å². The van der Waals surface area contributed by atoms with Gasteiger partial charge in [0, 0.05) is 54.9 Å². The van der Waals surface area contributed by atoms with Crippen LogP contribution in [0.3, 0.4) is 0 Å². The smallest absolute Gasteiger partial charge is 0.254 e. The first-order valence-corrected chi connectivity index (χ1v) is 9.29. The highest BCUT2D eigenvalue weighted by Gasteiger charge is 2.22. The summed E-state index contributed by atoms with van der Waals surface area (Å²) < 4.78 is 0. The van der Waals surface area contributed by atoms with Gasteiger partial charge in [-0.15, -0.1) is 23.7 Å². The number of piperazine rings is 1. The number of aromatic amines is 1. The molecule has 1 saturated heterocycles. The van der Waals surface area contributed by atoms with Crippen molar-refractivity contribution in [3.8, 4) is 0 Å². The van der Waals surface area contributed by atoms with E-state index >= 15 is 0 Å². The predicted octanol–water partition coefficient (Wildman–Crippen LogP) is 3.65. The molecule has 4 rings (SSSR count). The lowest BCUT2D eigenvalue weighted by atomic mass is 10.1. The first-order valence-electron chi connectivity index (χ1n) is 8.41. The second-order valence-corrected chi connectivity index (χ2v) is 7.28. The van der Waals surface area contributed by atoms with Crippen molar-refractivity contribution in [2.75, 3.05) is 32.7 Å². The van der Waals surface area contributed by atoms with Gasteiger partial charge in [0.1, 0.15) is 0 Å². The SMILES string of the molecule is Cl.O=C(c1ccc2cc[nH]c2c1)N1CCN(CCc2cccs2)CC1. The number of thiophene rings is 1. The van der Waals surface area contributed by atoms with E-state index in [0.717, 1.165) is 55.6 Å². The average molecular weight is 376 g/mol. The zero-order valence-electron chi connectivity index (χ0n) is 14.0. The van der Waals surface area contributed by atoms with Crippen molar-refractivity contribution in [1.82, 2.24) is 14.8 Å². The van der Waals surface area contributed by atoms with Gasteiger partial charge in [-0.2, -0.15) is 0 Å². The van der Waals surface area contributed by atoms with Gasteiger partial charge >= 0.3 is 0 Å². The maximum atomic E-state index is 12.7. The zero-order valence-corrected chi connectivity index (χ0v) is 15.6. The van der Waals surface area contributed by atoms with Gasteiger partial charge in [0.15, 0.2) is 0 Å². The highest BCUT2D eigenvalue weighted by molar-refractivity contribution is 7.09. The molecule has 1 fully saturated rings. The van der Waals surface area contributed by atoms with E-state index in [-0.39, 0.29) is 18.3 Å². The fourth-order valence-electron chi connectivity index (χ4n) is 3.26. The second kappa shape index (κ2) is 8.04. The van der Waals surface area contributed by atoms with Gasteiger partial charge in [0.05, 0.1) is 0 Å². The number of benzene rings is 1. The van der Waals surface area contributed by atoms with Crippen molar-refractivity contribution >= 4 is 40.6 Å². The quantitative estimate of drug-likeness (QED) is 0.756. The summed E-state index contributed by atoms with van der Waals surface area (Å²) in [6.07, 6.45) is 3.01. The van der Waals surface area contributed by atoms with Crippen molar-refractivity contribution in [2.24, 2.45) is 0 Å². The highest BCUT2D eigenvalue weighted by Crippen LogP contribution is 2.17. The Bertz CT molecular complexity index is 822. The molecular formula is C19H22ClN3OS. The number of nitrogens with zero attached hydrogens (tertiary/aromatic N) is 2. The fourth-order valence-corrected chi connectivity index (χ4v) is 3.96. The summed E-state index contributed by atoms with van der Waals surface area (Å²) in [5.41, 5.74) is 1.80. The van der Waals surface area contributed by atoms with Crippen molar-refractivity contribution in [3.05, 3.63) is 58.4 Å². The van der Waals surface area contributed by atoms with Crippen LogP contribution >= 0.6 is 23.7 Å². The molecule has 0 bridgehead atoms. The highest BCUT2D eigenvalue weighted by atomic mass is 35.5. The van der Waals surface area contributed by atoms with Gasteiger partial charge in [-0.05, 0) is 41.5 Å². The van der Waals surface area contributed by atoms with Crippen LogP contribution in [0.1, 0.15) is 15.2 Å². The molecule has 1 aliphatic heterocycles. The summed E-state index contributed by atoms with van der Waals surface area (Å²) in [5, 5.41) is 3.28. The normalized spacial score (nSPS) is 15.3. The average Bonchev–Trinajstić information content (AvgIpc) is 3.30. The topological polar surface area (TPSA) is 39.3 Å². The van der Waals surface area contributed by atoms with Crippen LogP contribution in [0.4, 0.5) is 0 Å². The van der Waals surface area contributed by atoms with Crippen molar-refractivity contribution in [1.29, 1.82) is 0 Å². The number of amides is 1. The fraction of sp³-hybridized carbons (Fsp3) is 0.316. The number of carbonyl (C=O) groups is 1. The molecule has 0 saturated carbocycles. The lowest BCUT2D eigenvalue weighted by Gasteiger charge is -2.34. The molecule has 1 amide bonds. The van der Waals surface area contributed by atoms with E-state index in [2.05, 4.69) is 27.4 Å². The monoisotopic (exact) mass is 375 g/mol. The Hall–Kier alpha value is -1.82. The zero-order chi connectivity index (χ0) is 16.4. The first kappa shape index (κ1) is 18.0. The van der Waals surface area contributed by atoms with Gasteiger partial charge in [-0.3, -0.25) is 9.69 Å². The van der Waals surface area contributed by atoms with E-state index in [1.165, 1.54) is 4.88 Å². The summed E-state index contributed by atoms with van der Waals surface area (Å²) in [6.45, 7) is 4.62. The second-order valence-electron chi connectivity index (χ2n) is 6.24.